The highest BCUT2D eigenvalue weighted by Crippen LogP contribution is 2.31. The molecule has 4 heteroatoms. The van der Waals surface area contributed by atoms with Gasteiger partial charge in [-0.3, -0.25) is 0 Å². The van der Waals surface area contributed by atoms with Crippen LogP contribution in [0.5, 0.6) is 0 Å². The van der Waals surface area contributed by atoms with Crippen LogP contribution in [-0.4, -0.2) is 0 Å². The molecule has 0 spiro atoms. The fraction of sp³-hybridized carbons (Fsp3) is 0.355. The number of rotatable bonds is 8. The van der Waals surface area contributed by atoms with Crippen LogP contribution in [0.15, 0.2) is 78.2 Å². The van der Waals surface area contributed by atoms with Gasteiger partial charge in [0.2, 0.25) is 0 Å². The monoisotopic (exact) mass is 510 g/mol. The van der Waals surface area contributed by atoms with Crippen LogP contribution in [0.3, 0.4) is 0 Å². The van der Waals surface area contributed by atoms with Crippen molar-refractivity contribution in [3.63, 3.8) is 0 Å². The van der Waals surface area contributed by atoms with Crippen LogP contribution >= 0.6 is 22.7 Å². The first-order chi connectivity index (χ1) is 16.7. The minimum absolute atomic E-state index is 0.389. The van der Waals surface area contributed by atoms with Gasteiger partial charge in [0, 0.05) is 14.6 Å². The third-order valence-corrected chi connectivity index (χ3v) is 7.70. The van der Waals surface area contributed by atoms with Gasteiger partial charge >= 0.3 is 0 Å². The van der Waals surface area contributed by atoms with Crippen LogP contribution in [0.25, 0.3) is 20.9 Å². The van der Waals surface area contributed by atoms with Gasteiger partial charge in [-0.15, -0.1) is 22.7 Å². The lowest BCUT2D eigenvalue weighted by Gasteiger charge is -2.11. The molecule has 0 aliphatic rings. The van der Waals surface area contributed by atoms with Gasteiger partial charge in [-0.1, -0.05) is 82.3 Å². The summed E-state index contributed by atoms with van der Waals surface area (Å²) in [4.78, 5) is 3.78. The van der Waals surface area contributed by atoms with E-state index in [4.69, 9.17) is 0 Å². The average Bonchev–Trinajstić information content (AvgIpc) is 3.51. The topological polar surface area (TPSA) is 0 Å². The SMILES string of the molecule is CC(C)CC(F)c1ccc(-c2cccs2)cc1.Cc1ccc(-c2ccc(C(F)CC(C)C)cc2)s1. The Morgan fingerprint density at radius 2 is 1.11 bits per heavy atom. The van der Waals surface area contributed by atoms with Crippen LogP contribution in [0.2, 0.25) is 0 Å². The molecule has 0 aliphatic carbocycles. The van der Waals surface area contributed by atoms with Gasteiger partial charge in [0.1, 0.15) is 12.3 Å². The lowest BCUT2D eigenvalue weighted by molar-refractivity contribution is 0.289. The summed E-state index contributed by atoms with van der Waals surface area (Å²) in [6.45, 7) is 10.3. The normalized spacial score (nSPS) is 12.9. The van der Waals surface area contributed by atoms with Crippen molar-refractivity contribution in [1.29, 1.82) is 0 Å². The Labute approximate surface area is 217 Å². The summed E-state index contributed by atoms with van der Waals surface area (Å²) in [5, 5.41) is 2.06. The highest BCUT2D eigenvalue weighted by atomic mass is 32.1. The van der Waals surface area contributed by atoms with Gasteiger partial charge in [0.25, 0.3) is 0 Å². The summed E-state index contributed by atoms with van der Waals surface area (Å²) in [6.07, 6.45) is -0.494. The fourth-order valence-electron chi connectivity index (χ4n) is 3.84. The number of aryl methyl sites for hydroxylation is 1. The Balaban J connectivity index is 0.000000196. The summed E-state index contributed by atoms with van der Waals surface area (Å²) in [6, 6.07) is 24.0. The lowest BCUT2D eigenvalue weighted by atomic mass is 9.99. The Morgan fingerprint density at radius 1 is 0.629 bits per heavy atom. The molecule has 35 heavy (non-hydrogen) atoms. The van der Waals surface area contributed by atoms with Crippen LogP contribution in [0.1, 0.15) is 68.9 Å². The molecule has 0 radical (unpaired) electrons. The van der Waals surface area contributed by atoms with E-state index in [-0.39, 0.29) is 0 Å². The zero-order valence-corrected chi connectivity index (χ0v) is 22.9. The first kappa shape index (κ1) is 27.3. The second-order valence-electron chi connectivity index (χ2n) is 9.83. The first-order valence-electron chi connectivity index (χ1n) is 12.3. The van der Waals surface area contributed by atoms with Gasteiger partial charge in [0.05, 0.1) is 0 Å². The van der Waals surface area contributed by atoms with Crippen molar-refractivity contribution in [2.24, 2.45) is 11.8 Å². The zero-order valence-electron chi connectivity index (χ0n) is 21.3. The molecule has 4 rings (SSSR count). The Bertz CT molecular complexity index is 1120. The molecule has 2 aromatic heterocycles. The molecule has 2 unspecified atom stereocenters. The van der Waals surface area contributed by atoms with Gasteiger partial charge in [0.15, 0.2) is 0 Å². The number of hydrogen-bond acceptors (Lipinski definition) is 2. The van der Waals surface area contributed by atoms with E-state index in [1.807, 2.05) is 68.4 Å². The third-order valence-electron chi connectivity index (χ3n) is 5.73. The van der Waals surface area contributed by atoms with Crippen molar-refractivity contribution in [3.8, 4) is 20.9 Å². The van der Waals surface area contributed by atoms with Gasteiger partial charge in [-0.05, 0) is 77.4 Å². The third kappa shape index (κ3) is 8.40. The van der Waals surface area contributed by atoms with E-state index in [0.29, 0.717) is 24.7 Å². The van der Waals surface area contributed by atoms with E-state index in [9.17, 15) is 8.78 Å². The van der Waals surface area contributed by atoms with Crippen molar-refractivity contribution in [1.82, 2.24) is 0 Å². The smallest absolute Gasteiger partial charge is 0.125 e. The molecular formula is C31H36F2S2. The highest BCUT2D eigenvalue weighted by molar-refractivity contribution is 7.15. The van der Waals surface area contributed by atoms with E-state index in [1.165, 1.54) is 25.8 Å². The molecule has 2 heterocycles. The predicted octanol–water partition coefficient (Wildman–Crippen LogP) is 11.3. The van der Waals surface area contributed by atoms with E-state index in [0.717, 1.165) is 11.1 Å². The maximum absolute atomic E-state index is 13.9. The Hall–Kier alpha value is -2.30. The van der Waals surface area contributed by atoms with Crippen LogP contribution < -0.4 is 0 Å². The molecule has 2 atom stereocenters. The molecule has 0 amide bonds. The Kier molecular flexibility index (Phi) is 10.2. The standard InChI is InChI=1S/C16H19FS.C15H17FS/c1-11(2)10-15(17)13-5-7-14(8-6-13)16-9-4-12(3)18-16;1-11(2)10-14(16)12-5-7-13(8-6-12)15-4-3-9-17-15/h4-9,11,15H,10H2,1-3H3;3-9,11,14H,10H2,1-2H3. The summed E-state index contributed by atoms with van der Waals surface area (Å²) in [5.74, 6) is 0.779. The summed E-state index contributed by atoms with van der Waals surface area (Å²) in [7, 11) is 0. The van der Waals surface area contributed by atoms with Crippen LogP contribution in [0.4, 0.5) is 8.78 Å². The number of benzene rings is 2. The Morgan fingerprint density at radius 3 is 1.49 bits per heavy atom. The largest absolute Gasteiger partial charge is 0.242 e. The average molecular weight is 511 g/mol. The lowest BCUT2D eigenvalue weighted by Crippen LogP contribution is -1.97. The summed E-state index contributed by atoms with van der Waals surface area (Å²) < 4.78 is 27.8. The number of hydrogen-bond donors (Lipinski definition) is 0. The summed E-state index contributed by atoms with van der Waals surface area (Å²) >= 11 is 3.48. The molecule has 0 saturated carbocycles. The maximum Gasteiger partial charge on any atom is 0.125 e. The molecule has 0 aliphatic heterocycles. The minimum atomic E-state index is -0.843. The van der Waals surface area contributed by atoms with Crippen molar-refractivity contribution < 1.29 is 8.78 Å². The van der Waals surface area contributed by atoms with E-state index in [2.05, 4.69) is 44.4 Å². The quantitative estimate of drug-likeness (QED) is 0.221. The molecule has 0 bridgehead atoms. The van der Waals surface area contributed by atoms with Gasteiger partial charge in [-0.2, -0.15) is 0 Å². The van der Waals surface area contributed by atoms with Crippen LogP contribution in [0, 0.1) is 18.8 Å². The van der Waals surface area contributed by atoms with Crippen LogP contribution in [-0.2, 0) is 0 Å². The summed E-state index contributed by atoms with van der Waals surface area (Å²) in [5.41, 5.74) is 3.92. The molecule has 2 aromatic carbocycles. The number of thiophene rings is 2. The van der Waals surface area contributed by atoms with Crippen molar-refractivity contribution in [3.05, 3.63) is 94.2 Å². The minimum Gasteiger partial charge on any atom is -0.242 e. The van der Waals surface area contributed by atoms with Crippen molar-refractivity contribution in [2.75, 3.05) is 0 Å². The second-order valence-corrected chi connectivity index (χ2v) is 12.1. The predicted molar refractivity (Wildman–Crippen MR) is 151 cm³/mol. The molecule has 0 saturated heterocycles. The highest BCUT2D eigenvalue weighted by Gasteiger charge is 2.13. The number of halogens is 2. The second kappa shape index (κ2) is 13.1. The van der Waals surface area contributed by atoms with Gasteiger partial charge < -0.3 is 0 Å². The molecule has 0 N–H and O–H groups in total. The molecular weight excluding hydrogens is 474 g/mol. The number of alkyl halides is 2. The van der Waals surface area contributed by atoms with Crippen molar-refractivity contribution in [2.45, 2.75) is 59.8 Å². The molecule has 186 valence electrons. The molecule has 0 nitrogen and oxygen atoms in total. The molecule has 4 aromatic rings. The first-order valence-corrected chi connectivity index (χ1v) is 14.0. The maximum atomic E-state index is 13.9. The van der Waals surface area contributed by atoms with Crippen molar-refractivity contribution >= 4 is 22.7 Å². The molecule has 0 fully saturated rings. The van der Waals surface area contributed by atoms with Gasteiger partial charge in [-0.25, -0.2) is 8.78 Å². The van der Waals surface area contributed by atoms with E-state index >= 15 is 0 Å². The zero-order chi connectivity index (χ0) is 25.4. The van der Waals surface area contributed by atoms with E-state index < -0.39 is 12.3 Å². The van der Waals surface area contributed by atoms with E-state index in [1.54, 1.807) is 22.7 Å². The fourth-order valence-corrected chi connectivity index (χ4v) is 5.45.